The molecule has 18 heavy (non-hydrogen) atoms. The van der Waals surface area contributed by atoms with Gasteiger partial charge in [0.2, 0.25) is 0 Å². The van der Waals surface area contributed by atoms with E-state index in [1.807, 2.05) is 0 Å². The van der Waals surface area contributed by atoms with Crippen LogP contribution in [0, 0.1) is 21.7 Å². The summed E-state index contributed by atoms with van der Waals surface area (Å²) in [6.45, 7) is 0. The molecule has 2 N–H and O–H groups in total. The average molecular weight is 251 g/mol. The van der Waals surface area contributed by atoms with Crippen LogP contribution < -0.4 is 5.73 Å². The van der Waals surface area contributed by atoms with Crippen molar-refractivity contribution in [1.29, 1.82) is 0 Å². The lowest BCUT2D eigenvalue weighted by Crippen LogP contribution is -1.98. The zero-order valence-corrected chi connectivity index (χ0v) is 8.93. The first-order valence-electron chi connectivity index (χ1n) is 4.85. The number of hydrogen-bond donors (Lipinski definition) is 1. The quantitative estimate of drug-likeness (QED) is 0.656. The molecule has 0 bridgehead atoms. The molecule has 0 atom stereocenters. The standard InChI is InChI=1S/C11H7F2N3O2/c12-6-1-2-8(9(13)3-6)10-4-7(16(17)18)5-11(14)15-10/h1-5H,(H2,14,15). The van der Waals surface area contributed by atoms with E-state index in [0.29, 0.717) is 6.07 Å². The first kappa shape index (κ1) is 11.9. The van der Waals surface area contributed by atoms with E-state index in [2.05, 4.69) is 4.98 Å². The Balaban J connectivity index is 2.60. The first-order chi connectivity index (χ1) is 8.47. The summed E-state index contributed by atoms with van der Waals surface area (Å²) in [6, 6.07) is 4.99. The summed E-state index contributed by atoms with van der Waals surface area (Å²) < 4.78 is 26.3. The van der Waals surface area contributed by atoms with Gasteiger partial charge in [-0.05, 0) is 12.1 Å². The van der Waals surface area contributed by atoms with Crippen LogP contribution in [0.2, 0.25) is 0 Å². The Morgan fingerprint density at radius 3 is 2.56 bits per heavy atom. The smallest absolute Gasteiger partial charge is 0.275 e. The van der Waals surface area contributed by atoms with Gasteiger partial charge in [0.1, 0.15) is 17.5 Å². The summed E-state index contributed by atoms with van der Waals surface area (Å²) in [7, 11) is 0. The molecule has 1 aromatic heterocycles. The number of halogens is 2. The van der Waals surface area contributed by atoms with E-state index in [1.54, 1.807) is 0 Å². The number of nitrogens with two attached hydrogens (primary N) is 1. The van der Waals surface area contributed by atoms with Crippen LogP contribution in [0.25, 0.3) is 11.3 Å². The molecule has 0 aliphatic rings. The number of nitro groups is 1. The number of aromatic nitrogens is 1. The van der Waals surface area contributed by atoms with Crippen molar-refractivity contribution in [3.63, 3.8) is 0 Å². The van der Waals surface area contributed by atoms with E-state index >= 15 is 0 Å². The minimum absolute atomic E-state index is 0.0146. The Bertz CT molecular complexity index is 632. The van der Waals surface area contributed by atoms with E-state index in [4.69, 9.17) is 5.73 Å². The highest BCUT2D eigenvalue weighted by atomic mass is 19.1. The molecular formula is C11H7F2N3O2. The maximum Gasteiger partial charge on any atom is 0.275 e. The van der Waals surface area contributed by atoms with E-state index in [1.165, 1.54) is 0 Å². The third kappa shape index (κ3) is 2.24. The van der Waals surface area contributed by atoms with Crippen molar-refractivity contribution < 1.29 is 13.7 Å². The molecule has 1 heterocycles. The maximum absolute atomic E-state index is 13.5. The highest BCUT2D eigenvalue weighted by Gasteiger charge is 2.14. The second-order valence-corrected chi connectivity index (χ2v) is 3.52. The molecule has 92 valence electrons. The normalized spacial score (nSPS) is 10.3. The zero-order chi connectivity index (χ0) is 13.3. The third-order valence-electron chi connectivity index (χ3n) is 2.25. The van der Waals surface area contributed by atoms with Crippen LogP contribution in [0.1, 0.15) is 0 Å². The monoisotopic (exact) mass is 251 g/mol. The molecule has 1 aromatic carbocycles. The van der Waals surface area contributed by atoms with Crippen molar-refractivity contribution >= 4 is 11.5 Å². The molecule has 0 unspecified atom stereocenters. The van der Waals surface area contributed by atoms with E-state index in [9.17, 15) is 18.9 Å². The SMILES string of the molecule is Nc1cc([N+](=O)[O-])cc(-c2ccc(F)cc2F)n1. The van der Waals surface area contributed by atoms with Crippen molar-refractivity contribution in [2.45, 2.75) is 0 Å². The van der Waals surface area contributed by atoms with Gasteiger partial charge in [-0.2, -0.15) is 0 Å². The summed E-state index contributed by atoms with van der Waals surface area (Å²) >= 11 is 0. The fraction of sp³-hybridized carbons (Fsp3) is 0. The van der Waals surface area contributed by atoms with Gasteiger partial charge in [0.25, 0.3) is 5.69 Å². The molecule has 0 saturated carbocycles. The lowest BCUT2D eigenvalue weighted by atomic mass is 10.1. The molecule has 0 amide bonds. The lowest BCUT2D eigenvalue weighted by Gasteiger charge is -2.04. The van der Waals surface area contributed by atoms with Gasteiger partial charge in [-0.15, -0.1) is 0 Å². The minimum Gasteiger partial charge on any atom is -0.383 e. The second-order valence-electron chi connectivity index (χ2n) is 3.52. The van der Waals surface area contributed by atoms with Crippen molar-refractivity contribution in [2.75, 3.05) is 5.73 Å². The van der Waals surface area contributed by atoms with E-state index < -0.39 is 16.6 Å². The molecule has 5 nitrogen and oxygen atoms in total. The van der Waals surface area contributed by atoms with Gasteiger partial charge in [0, 0.05) is 17.7 Å². The Morgan fingerprint density at radius 1 is 1.22 bits per heavy atom. The summed E-state index contributed by atoms with van der Waals surface area (Å²) in [4.78, 5) is 13.8. The number of nitrogen functional groups attached to an aromatic ring is 1. The molecule has 7 heteroatoms. The Morgan fingerprint density at radius 2 is 1.94 bits per heavy atom. The highest BCUT2D eigenvalue weighted by Crippen LogP contribution is 2.26. The van der Waals surface area contributed by atoms with Crippen LogP contribution in [-0.2, 0) is 0 Å². The van der Waals surface area contributed by atoms with E-state index in [0.717, 1.165) is 24.3 Å². The topological polar surface area (TPSA) is 82.0 Å². The third-order valence-corrected chi connectivity index (χ3v) is 2.25. The maximum atomic E-state index is 13.5. The molecule has 0 saturated heterocycles. The van der Waals surface area contributed by atoms with Gasteiger partial charge in [0.05, 0.1) is 16.7 Å². The van der Waals surface area contributed by atoms with Crippen LogP contribution in [0.5, 0.6) is 0 Å². The summed E-state index contributed by atoms with van der Waals surface area (Å²) in [5.41, 5.74) is 5.03. The Kier molecular flexibility index (Phi) is 2.88. The van der Waals surface area contributed by atoms with Gasteiger partial charge < -0.3 is 5.73 Å². The largest absolute Gasteiger partial charge is 0.383 e. The van der Waals surface area contributed by atoms with Crippen molar-refractivity contribution in [2.24, 2.45) is 0 Å². The van der Waals surface area contributed by atoms with Gasteiger partial charge in [-0.25, -0.2) is 13.8 Å². The van der Waals surface area contributed by atoms with Gasteiger partial charge >= 0.3 is 0 Å². The summed E-state index contributed by atoms with van der Waals surface area (Å²) in [6.07, 6.45) is 0. The number of rotatable bonds is 2. The van der Waals surface area contributed by atoms with Crippen LogP contribution >= 0.6 is 0 Å². The molecule has 0 aliphatic heterocycles. The number of benzene rings is 1. The number of anilines is 1. The number of hydrogen-bond acceptors (Lipinski definition) is 4. The van der Waals surface area contributed by atoms with Crippen LogP contribution in [0.15, 0.2) is 30.3 Å². The molecule has 0 aliphatic carbocycles. The van der Waals surface area contributed by atoms with E-state index in [-0.39, 0.29) is 22.8 Å². The average Bonchev–Trinajstić information content (AvgIpc) is 2.27. The first-order valence-corrected chi connectivity index (χ1v) is 4.85. The molecular weight excluding hydrogens is 244 g/mol. The van der Waals surface area contributed by atoms with Crippen LogP contribution in [0.3, 0.4) is 0 Å². The highest BCUT2D eigenvalue weighted by molar-refractivity contribution is 5.65. The predicted octanol–water partition coefficient (Wildman–Crippen LogP) is 2.52. The number of pyridine rings is 1. The molecule has 0 spiro atoms. The molecule has 0 radical (unpaired) electrons. The summed E-state index contributed by atoms with van der Waals surface area (Å²) in [5.74, 6) is -1.71. The van der Waals surface area contributed by atoms with Crippen LogP contribution in [-0.4, -0.2) is 9.91 Å². The minimum atomic E-state index is -0.859. The summed E-state index contributed by atoms with van der Waals surface area (Å²) in [5, 5.41) is 10.6. The van der Waals surface area contributed by atoms with Gasteiger partial charge in [-0.3, -0.25) is 10.1 Å². The fourth-order valence-electron chi connectivity index (χ4n) is 1.48. The predicted molar refractivity (Wildman–Crippen MR) is 60.7 cm³/mol. The zero-order valence-electron chi connectivity index (χ0n) is 8.93. The van der Waals surface area contributed by atoms with Crippen LogP contribution in [0.4, 0.5) is 20.3 Å². The Hall–Kier alpha value is -2.57. The lowest BCUT2D eigenvalue weighted by molar-refractivity contribution is -0.384. The van der Waals surface area contributed by atoms with Crippen molar-refractivity contribution in [3.8, 4) is 11.3 Å². The molecule has 0 fully saturated rings. The fourth-order valence-corrected chi connectivity index (χ4v) is 1.48. The second kappa shape index (κ2) is 4.36. The van der Waals surface area contributed by atoms with Gasteiger partial charge in [-0.1, -0.05) is 0 Å². The van der Waals surface area contributed by atoms with Gasteiger partial charge in [0.15, 0.2) is 0 Å². The molecule has 2 aromatic rings. The molecule has 2 rings (SSSR count). The van der Waals surface area contributed by atoms with Crippen molar-refractivity contribution in [1.82, 2.24) is 4.98 Å². The number of nitrogens with zero attached hydrogens (tertiary/aromatic N) is 2. The Labute approximate surface area is 100 Å². The van der Waals surface area contributed by atoms with Crippen molar-refractivity contribution in [3.05, 3.63) is 52.1 Å².